The fourth-order valence-corrected chi connectivity index (χ4v) is 1.72. The van der Waals surface area contributed by atoms with Crippen LogP contribution in [-0.2, 0) is 9.59 Å². The van der Waals surface area contributed by atoms with Gasteiger partial charge in [0, 0.05) is 6.20 Å². The predicted molar refractivity (Wildman–Crippen MR) is 32.4 cm³/mol. The SMILES string of the molecule is O=C1C(=O)N2C=CS[C@@H]12. The molecule has 1 amide bonds. The van der Waals surface area contributed by atoms with Gasteiger partial charge in [-0.05, 0) is 5.41 Å². The molecular formula is C5H3NO2S. The van der Waals surface area contributed by atoms with Crippen molar-refractivity contribution < 1.29 is 9.59 Å². The molecule has 4 heteroatoms. The van der Waals surface area contributed by atoms with Crippen molar-refractivity contribution in [2.75, 3.05) is 0 Å². The van der Waals surface area contributed by atoms with Crippen LogP contribution >= 0.6 is 11.8 Å². The fraction of sp³-hybridized carbons (Fsp3) is 0.200. The Bertz CT molecular complexity index is 223. The average molecular weight is 141 g/mol. The van der Waals surface area contributed by atoms with Gasteiger partial charge in [0.25, 0.3) is 11.7 Å². The Kier molecular flexibility index (Phi) is 0.778. The number of thioether (sulfide) groups is 1. The minimum absolute atomic E-state index is 0.211. The van der Waals surface area contributed by atoms with E-state index in [1.54, 1.807) is 11.6 Å². The first-order valence-corrected chi connectivity index (χ1v) is 3.43. The summed E-state index contributed by atoms with van der Waals surface area (Å²) in [5.74, 6) is -0.647. The summed E-state index contributed by atoms with van der Waals surface area (Å²) < 4.78 is 0. The highest BCUT2D eigenvalue weighted by Crippen LogP contribution is 2.32. The van der Waals surface area contributed by atoms with E-state index in [9.17, 15) is 9.59 Å². The van der Waals surface area contributed by atoms with Crippen LogP contribution in [0.1, 0.15) is 0 Å². The summed E-state index contributed by atoms with van der Waals surface area (Å²) in [6.45, 7) is 0. The number of rotatable bonds is 0. The van der Waals surface area contributed by atoms with E-state index in [1.165, 1.54) is 16.7 Å². The third-order valence-electron chi connectivity index (χ3n) is 1.35. The predicted octanol–water partition coefficient (Wildman–Crippen LogP) is -0.0582. The molecule has 0 N–H and O–H groups in total. The van der Waals surface area contributed by atoms with Gasteiger partial charge in [-0.3, -0.25) is 14.5 Å². The van der Waals surface area contributed by atoms with Crippen LogP contribution in [-0.4, -0.2) is 22.0 Å². The van der Waals surface area contributed by atoms with E-state index in [0.717, 1.165) is 0 Å². The minimum atomic E-state index is -0.374. The van der Waals surface area contributed by atoms with E-state index >= 15 is 0 Å². The van der Waals surface area contributed by atoms with Gasteiger partial charge in [0.2, 0.25) is 0 Å². The summed E-state index contributed by atoms with van der Waals surface area (Å²) in [5.41, 5.74) is 0. The Hall–Kier alpha value is -0.770. The largest absolute Gasteiger partial charge is 0.298 e. The maximum atomic E-state index is 10.6. The van der Waals surface area contributed by atoms with Crippen molar-refractivity contribution in [2.45, 2.75) is 5.37 Å². The molecule has 0 aliphatic carbocycles. The number of hydrogen-bond donors (Lipinski definition) is 0. The molecule has 0 bridgehead atoms. The lowest BCUT2D eigenvalue weighted by atomic mass is 10.2. The molecular weight excluding hydrogens is 138 g/mol. The number of fused-ring (bicyclic) bond motifs is 1. The molecule has 3 nitrogen and oxygen atoms in total. The zero-order valence-corrected chi connectivity index (χ0v) is 5.22. The summed E-state index contributed by atoms with van der Waals surface area (Å²) in [7, 11) is 0. The van der Waals surface area contributed by atoms with Crippen LogP contribution in [0.2, 0.25) is 0 Å². The monoisotopic (exact) mass is 141 g/mol. The second-order valence-corrected chi connectivity index (χ2v) is 2.84. The van der Waals surface area contributed by atoms with Gasteiger partial charge in [0.1, 0.15) is 0 Å². The molecule has 2 heterocycles. The molecule has 46 valence electrons. The van der Waals surface area contributed by atoms with Crippen molar-refractivity contribution in [3.63, 3.8) is 0 Å². The lowest BCUT2D eigenvalue weighted by Gasteiger charge is -2.29. The first-order chi connectivity index (χ1) is 4.30. The number of carbonyl (C=O) groups excluding carboxylic acids is 2. The second-order valence-electron chi connectivity index (χ2n) is 1.85. The van der Waals surface area contributed by atoms with Crippen LogP contribution in [0.4, 0.5) is 0 Å². The van der Waals surface area contributed by atoms with Crippen molar-refractivity contribution in [2.24, 2.45) is 0 Å². The molecule has 0 unspecified atom stereocenters. The number of amides is 1. The quantitative estimate of drug-likeness (QED) is 0.350. The van der Waals surface area contributed by atoms with Crippen LogP contribution in [0.25, 0.3) is 0 Å². The van der Waals surface area contributed by atoms with Crippen molar-refractivity contribution in [1.82, 2.24) is 4.90 Å². The fourth-order valence-electron chi connectivity index (χ4n) is 0.848. The van der Waals surface area contributed by atoms with Crippen LogP contribution in [0, 0.1) is 0 Å². The molecule has 0 saturated carbocycles. The first kappa shape index (κ1) is 5.05. The molecule has 1 atom stereocenters. The highest BCUT2D eigenvalue weighted by Gasteiger charge is 2.47. The van der Waals surface area contributed by atoms with E-state index in [-0.39, 0.29) is 17.1 Å². The van der Waals surface area contributed by atoms with E-state index in [0.29, 0.717) is 0 Å². The van der Waals surface area contributed by atoms with Crippen LogP contribution in [0.15, 0.2) is 11.6 Å². The summed E-state index contributed by atoms with van der Waals surface area (Å²) >= 11 is 1.38. The first-order valence-electron chi connectivity index (χ1n) is 2.49. The van der Waals surface area contributed by atoms with Gasteiger partial charge in [0.15, 0.2) is 5.37 Å². The molecule has 1 saturated heterocycles. The molecule has 2 rings (SSSR count). The van der Waals surface area contributed by atoms with Gasteiger partial charge in [-0.1, -0.05) is 11.8 Å². The number of ketones is 1. The van der Waals surface area contributed by atoms with Crippen molar-refractivity contribution in [3.8, 4) is 0 Å². The molecule has 0 aromatic heterocycles. The summed E-state index contributed by atoms with van der Waals surface area (Å²) in [5, 5.41) is 1.55. The molecule has 0 aromatic carbocycles. The van der Waals surface area contributed by atoms with Crippen LogP contribution in [0.3, 0.4) is 0 Å². The highest BCUT2D eigenvalue weighted by atomic mass is 32.2. The van der Waals surface area contributed by atoms with Gasteiger partial charge in [-0.15, -0.1) is 0 Å². The second kappa shape index (κ2) is 1.39. The zero-order chi connectivity index (χ0) is 6.43. The Labute approximate surface area is 55.7 Å². The van der Waals surface area contributed by atoms with E-state index in [4.69, 9.17) is 0 Å². The van der Waals surface area contributed by atoms with Gasteiger partial charge in [-0.2, -0.15) is 0 Å². The maximum absolute atomic E-state index is 10.6. The van der Waals surface area contributed by atoms with Gasteiger partial charge in [-0.25, -0.2) is 0 Å². The molecule has 2 aliphatic rings. The Morgan fingerprint density at radius 3 is 3.00 bits per heavy atom. The Morgan fingerprint density at radius 1 is 1.56 bits per heavy atom. The van der Waals surface area contributed by atoms with E-state index in [1.807, 2.05) is 0 Å². The maximum Gasteiger partial charge on any atom is 0.298 e. The van der Waals surface area contributed by atoms with E-state index < -0.39 is 0 Å². The number of nitrogens with zero attached hydrogens (tertiary/aromatic N) is 1. The van der Waals surface area contributed by atoms with Crippen molar-refractivity contribution in [1.29, 1.82) is 0 Å². The number of carbonyl (C=O) groups is 2. The summed E-state index contributed by atoms with van der Waals surface area (Å²) in [6, 6.07) is 0. The van der Waals surface area contributed by atoms with Crippen LogP contribution in [0.5, 0.6) is 0 Å². The zero-order valence-electron chi connectivity index (χ0n) is 4.40. The van der Waals surface area contributed by atoms with E-state index in [2.05, 4.69) is 0 Å². The normalized spacial score (nSPS) is 30.7. The molecule has 0 spiro atoms. The van der Waals surface area contributed by atoms with Crippen molar-refractivity contribution >= 4 is 23.5 Å². The molecule has 0 aromatic rings. The van der Waals surface area contributed by atoms with Crippen LogP contribution < -0.4 is 0 Å². The number of β-lactam (4-membered cyclic amide) rings is 1. The standard InChI is InChI=1S/C5H3NO2S/c7-3-4(8)6-1-2-9-5(3)6/h1-2,5H/t5-/m0/s1. The highest BCUT2D eigenvalue weighted by molar-refractivity contribution is 8.03. The summed E-state index contributed by atoms with van der Waals surface area (Å²) in [4.78, 5) is 22.6. The van der Waals surface area contributed by atoms with Gasteiger partial charge in [0.05, 0.1) is 0 Å². The lowest BCUT2D eigenvalue weighted by Crippen LogP contribution is -2.55. The molecule has 0 radical (unpaired) electrons. The van der Waals surface area contributed by atoms with Gasteiger partial charge < -0.3 is 0 Å². The smallest absolute Gasteiger partial charge is 0.291 e. The molecule has 1 fully saturated rings. The summed E-state index contributed by atoms with van der Waals surface area (Å²) in [6.07, 6.45) is 1.64. The number of Topliss-reactive ketones (excluding diaryl/α,β-unsaturated/α-hetero) is 1. The van der Waals surface area contributed by atoms with Crippen molar-refractivity contribution in [3.05, 3.63) is 11.6 Å². The third kappa shape index (κ3) is 0.439. The molecule has 2 aliphatic heterocycles. The minimum Gasteiger partial charge on any atom is -0.291 e. The topological polar surface area (TPSA) is 37.4 Å². The average Bonchev–Trinajstić information content (AvgIpc) is 2.30. The Balaban J connectivity index is 2.31. The Morgan fingerprint density at radius 2 is 2.33 bits per heavy atom. The lowest BCUT2D eigenvalue weighted by molar-refractivity contribution is -0.153. The third-order valence-corrected chi connectivity index (χ3v) is 2.33. The number of hydrogen-bond acceptors (Lipinski definition) is 3. The van der Waals surface area contributed by atoms with Gasteiger partial charge >= 0.3 is 0 Å². The molecule has 9 heavy (non-hydrogen) atoms.